The summed E-state index contributed by atoms with van der Waals surface area (Å²) in [5.41, 5.74) is 4.06. The van der Waals surface area contributed by atoms with E-state index in [9.17, 15) is 13.2 Å². The van der Waals surface area contributed by atoms with Gasteiger partial charge in [0.1, 0.15) is 6.54 Å². The Hall–Kier alpha value is -3.37. The van der Waals surface area contributed by atoms with Crippen molar-refractivity contribution in [2.24, 2.45) is 5.10 Å². The highest BCUT2D eigenvalue weighted by Gasteiger charge is 2.28. The highest BCUT2D eigenvalue weighted by molar-refractivity contribution is 9.10. The molecule has 3 rings (SSSR count). The number of ether oxygens (including phenoxy) is 2. The molecular weight excluding hydrogens is 522 g/mol. The fraction of sp³-hybridized carbons (Fsp3) is 0.167. The summed E-state index contributed by atoms with van der Waals surface area (Å²) < 4.78 is 39.3. The number of carbonyl (C=O) groups is 1. The lowest BCUT2D eigenvalue weighted by atomic mass is 10.1. The maximum absolute atomic E-state index is 13.5. The average molecular weight is 546 g/mol. The lowest BCUT2D eigenvalue weighted by Crippen LogP contribution is -2.39. The molecule has 0 aliphatic carbocycles. The van der Waals surface area contributed by atoms with Gasteiger partial charge in [0.05, 0.1) is 30.5 Å². The summed E-state index contributed by atoms with van der Waals surface area (Å²) >= 11 is 3.40. The molecular formula is C24H24BrN3O5S. The predicted molar refractivity (Wildman–Crippen MR) is 135 cm³/mol. The molecule has 0 aliphatic heterocycles. The number of rotatable bonds is 9. The van der Waals surface area contributed by atoms with Crippen LogP contribution < -0.4 is 19.2 Å². The van der Waals surface area contributed by atoms with Crippen LogP contribution in [0.25, 0.3) is 0 Å². The lowest BCUT2D eigenvalue weighted by molar-refractivity contribution is -0.119. The van der Waals surface area contributed by atoms with E-state index < -0.39 is 22.5 Å². The van der Waals surface area contributed by atoms with Crippen LogP contribution in [0.4, 0.5) is 5.69 Å². The first-order valence-electron chi connectivity index (χ1n) is 10.1. The molecule has 8 nitrogen and oxygen atoms in total. The Morgan fingerprint density at radius 2 is 1.68 bits per heavy atom. The molecule has 3 aromatic rings. The zero-order valence-corrected chi connectivity index (χ0v) is 21.3. The highest BCUT2D eigenvalue weighted by Crippen LogP contribution is 2.33. The van der Waals surface area contributed by atoms with Crippen molar-refractivity contribution in [3.05, 3.63) is 82.8 Å². The Bertz CT molecular complexity index is 1300. The number of nitrogens with zero attached hydrogens (tertiary/aromatic N) is 2. The maximum atomic E-state index is 13.5. The molecule has 0 saturated carbocycles. The molecule has 178 valence electrons. The third kappa shape index (κ3) is 5.95. The minimum absolute atomic E-state index is 0.0476. The van der Waals surface area contributed by atoms with E-state index in [4.69, 9.17) is 9.47 Å². The third-order valence-corrected chi connectivity index (χ3v) is 7.15. The zero-order valence-electron chi connectivity index (χ0n) is 18.9. The number of amides is 1. The van der Waals surface area contributed by atoms with Crippen LogP contribution in [0.5, 0.6) is 11.5 Å². The van der Waals surface area contributed by atoms with Gasteiger partial charge in [-0.1, -0.05) is 46.3 Å². The van der Waals surface area contributed by atoms with Gasteiger partial charge >= 0.3 is 0 Å². The first-order chi connectivity index (χ1) is 16.3. The highest BCUT2D eigenvalue weighted by atomic mass is 79.9. The molecule has 3 aromatic carbocycles. The van der Waals surface area contributed by atoms with E-state index in [1.807, 2.05) is 24.3 Å². The number of nitrogens with one attached hydrogen (secondary N) is 1. The Morgan fingerprint density at radius 1 is 0.971 bits per heavy atom. The topological polar surface area (TPSA) is 97.3 Å². The minimum atomic E-state index is -4.07. The number of methoxy groups -OCH3 is 2. The Balaban J connectivity index is 1.93. The second-order valence-corrected chi connectivity index (χ2v) is 9.88. The summed E-state index contributed by atoms with van der Waals surface area (Å²) in [5.74, 6) is 0.155. The summed E-state index contributed by atoms with van der Waals surface area (Å²) in [6, 6.07) is 20.0. The molecule has 34 heavy (non-hydrogen) atoms. The normalized spacial score (nSPS) is 11.6. The molecule has 0 atom stereocenters. The van der Waals surface area contributed by atoms with Crippen LogP contribution >= 0.6 is 15.9 Å². The van der Waals surface area contributed by atoms with Gasteiger partial charge in [-0.2, -0.15) is 5.10 Å². The quantitative estimate of drug-likeness (QED) is 0.321. The number of sulfonamides is 1. The Morgan fingerprint density at radius 3 is 2.32 bits per heavy atom. The fourth-order valence-electron chi connectivity index (χ4n) is 3.10. The first kappa shape index (κ1) is 25.3. The molecule has 0 bridgehead atoms. The van der Waals surface area contributed by atoms with Crippen molar-refractivity contribution in [3.63, 3.8) is 0 Å². The lowest BCUT2D eigenvalue weighted by Gasteiger charge is -2.24. The van der Waals surface area contributed by atoms with E-state index in [1.54, 1.807) is 37.3 Å². The van der Waals surface area contributed by atoms with Crippen molar-refractivity contribution in [1.82, 2.24) is 5.43 Å². The summed E-state index contributed by atoms with van der Waals surface area (Å²) in [6.45, 7) is 1.25. The number of benzene rings is 3. The van der Waals surface area contributed by atoms with E-state index in [2.05, 4.69) is 26.5 Å². The number of carbonyl (C=O) groups excluding carboxylic acids is 1. The summed E-state index contributed by atoms with van der Waals surface area (Å²) in [5, 5.41) is 4.13. The van der Waals surface area contributed by atoms with Gasteiger partial charge in [-0.05, 0) is 48.9 Å². The van der Waals surface area contributed by atoms with Crippen molar-refractivity contribution in [3.8, 4) is 11.5 Å². The summed E-state index contributed by atoms with van der Waals surface area (Å²) in [7, 11) is -1.14. The molecule has 10 heteroatoms. The van der Waals surface area contributed by atoms with Gasteiger partial charge in [0.15, 0.2) is 11.5 Å². The fourth-order valence-corrected chi connectivity index (χ4v) is 4.94. The van der Waals surface area contributed by atoms with Crippen molar-refractivity contribution in [2.45, 2.75) is 11.8 Å². The van der Waals surface area contributed by atoms with Crippen LogP contribution in [-0.2, 0) is 14.8 Å². The molecule has 0 aliphatic rings. The second-order valence-electron chi connectivity index (χ2n) is 7.11. The molecule has 0 radical (unpaired) electrons. The van der Waals surface area contributed by atoms with Crippen molar-refractivity contribution in [2.75, 3.05) is 25.1 Å². The van der Waals surface area contributed by atoms with Crippen molar-refractivity contribution in [1.29, 1.82) is 0 Å². The van der Waals surface area contributed by atoms with Gasteiger partial charge in [-0.25, -0.2) is 13.8 Å². The molecule has 0 unspecified atom stereocenters. The van der Waals surface area contributed by atoms with Crippen LogP contribution in [0.1, 0.15) is 12.5 Å². The van der Waals surface area contributed by atoms with Gasteiger partial charge in [0.25, 0.3) is 15.9 Å². The molecule has 0 aromatic heterocycles. The Kier molecular flexibility index (Phi) is 8.30. The predicted octanol–water partition coefficient (Wildman–Crippen LogP) is 4.20. The molecule has 0 heterocycles. The molecule has 0 fully saturated rings. The number of hydrogen-bond acceptors (Lipinski definition) is 6. The molecule has 1 N–H and O–H groups in total. The second kappa shape index (κ2) is 11.2. The van der Waals surface area contributed by atoms with E-state index in [1.165, 1.54) is 32.4 Å². The monoisotopic (exact) mass is 545 g/mol. The summed E-state index contributed by atoms with van der Waals surface area (Å²) in [6.07, 6.45) is 0. The Labute approximate surface area is 207 Å². The molecule has 0 saturated heterocycles. The van der Waals surface area contributed by atoms with Gasteiger partial charge in [-0.3, -0.25) is 9.10 Å². The van der Waals surface area contributed by atoms with E-state index in [-0.39, 0.29) is 10.6 Å². The largest absolute Gasteiger partial charge is 0.493 e. The number of hydrazone groups is 1. The van der Waals surface area contributed by atoms with Crippen LogP contribution in [0.15, 0.2) is 87.3 Å². The van der Waals surface area contributed by atoms with Crippen LogP contribution in [0, 0.1) is 0 Å². The van der Waals surface area contributed by atoms with Crippen LogP contribution in [0.2, 0.25) is 0 Å². The zero-order chi connectivity index (χ0) is 24.7. The maximum Gasteiger partial charge on any atom is 0.264 e. The van der Waals surface area contributed by atoms with E-state index in [0.717, 1.165) is 14.3 Å². The smallest absolute Gasteiger partial charge is 0.264 e. The van der Waals surface area contributed by atoms with Crippen molar-refractivity contribution < 1.29 is 22.7 Å². The van der Waals surface area contributed by atoms with Crippen molar-refractivity contribution >= 4 is 43.3 Å². The minimum Gasteiger partial charge on any atom is -0.493 e. The van der Waals surface area contributed by atoms with E-state index >= 15 is 0 Å². The number of anilines is 1. The SMILES string of the molecule is COc1ccc(N(CC(=O)N/N=C(/C)c2cccc(Br)c2)S(=O)(=O)c2ccccc2)cc1OC. The first-order valence-corrected chi connectivity index (χ1v) is 12.4. The van der Waals surface area contributed by atoms with Gasteiger partial charge in [0, 0.05) is 10.5 Å². The van der Waals surface area contributed by atoms with Gasteiger partial charge in [0.2, 0.25) is 0 Å². The molecule has 1 amide bonds. The average Bonchev–Trinajstić information content (AvgIpc) is 2.85. The standard InChI is InChI=1S/C24H24BrN3O5S/c1-17(18-8-7-9-19(25)14-18)26-27-24(29)16-28(34(30,31)21-10-5-4-6-11-21)20-12-13-22(32-2)23(15-20)33-3/h4-15H,16H2,1-3H3,(H,27,29)/b26-17-. The van der Waals surface area contributed by atoms with Gasteiger partial charge in [-0.15, -0.1) is 0 Å². The van der Waals surface area contributed by atoms with Crippen LogP contribution in [-0.4, -0.2) is 40.8 Å². The van der Waals surface area contributed by atoms with E-state index in [0.29, 0.717) is 17.2 Å². The summed E-state index contributed by atoms with van der Waals surface area (Å²) in [4.78, 5) is 12.8. The number of halogens is 1. The van der Waals surface area contributed by atoms with Crippen LogP contribution in [0.3, 0.4) is 0 Å². The third-order valence-electron chi connectivity index (χ3n) is 4.86. The molecule has 0 spiro atoms. The number of hydrogen-bond donors (Lipinski definition) is 1. The van der Waals surface area contributed by atoms with Gasteiger partial charge < -0.3 is 9.47 Å².